The van der Waals surface area contributed by atoms with E-state index in [1.807, 2.05) is 24.3 Å². The van der Waals surface area contributed by atoms with Crippen LogP contribution in [0, 0.1) is 13.8 Å². The van der Waals surface area contributed by atoms with Gasteiger partial charge < -0.3 is 41.8 Å². The molecule has 0 bridgehead atoms. The van der Waals surface area contributed by atoms with Gasteiger partial charge in [-0.3, -0.25) is 0 Å². The van der Waals surface area contributed by atoms with Gasteiger partial charge in [-0.1, -0.05) is 47.5 Å². The standard InChI is InChI=1S/C28H36ClN5O3S.C15H24N2O.C13H13Cl2N3O2S/c1-17(2)37-25-15-21(20-10-12-30-13-11-20)19(5)14-24(25)33-28-31-16-22(29)27(34-28)32-23-8-6-7-9-26(23)38(35,36)18(3)4;1-10(2)18-15-9-13(11(3)8-14(15)16)12-4-6-17-7-5-12;1-8(2)21(19,20)11-6-4-3-5-10(11)17-12-9(14)7-16-13(15)18-12/h6-9,14-18,20,30H,10-13H2,1-5H3,(H2,31,32,33,34);8-10,12,17H,4-7,16H2,1-3H3;3-8H,1-2H3,(H,16,17,18)/i17D,18D;10D;8D. The second kappa shape index (κ2) is 27.4. The topological polar surface area (TPSA) is 224 Å². The molecule has 4 aromatic carbocycles. The van der Waals surface area contributed by atoms with Crippen LogP contribution in [0.3, 0.4) is 0 Å². The third-order valence-corrected chi connectivity index (χ3v) is 17.3. The van der Waals surface area contributed by atoms with Crippen molar-refractivity contribution < 1.29 is 31.8 Å². The molecule has 21 heteroatoms. The Hall–Kier alpha value is -5.47. The lowest BCUT2D eigenvalue weighted by Crippen LogP contribution is -2.27. The highest BCUT2D eigenvalue weighted by atomic mass is 35.5. The highest BCUT2D eigenvalue weighted by Gasteiger charge is 2.26. The molecule has 0 aliphatic carbocycles. The van der Waals surface area contributed by atoms with E-state index in [9.17, 15) is 16.8 Å². The van der Waals surface area contributed by atoms with Crippen molar-refractivity contribution >= 4 is 94.8 Å². The molecule has 8 rings (SSSR count). The summed E-state index contributed by atoms with van der Waals surface area (Å²) in [5.41, 5.74) is 12.6. The van der Waals surface area contributed by atoms with Crippen molar-refractivity contribution in [2.75, 3.05) is 47.9 Å². The van der Waals surface area contributed by atoms with Crippen molar-refractivity contribution in [2.45, 2.75) is 139 Å². The van der Waals surface area contributed by atoms with E-state index in [1.165, 1.54) is 68.9 Å². The quantitative estimate of drug-likeness (QED) is 0.0391. The second-order valence-corrected chi connectivity index (χ2v) is 25.1. The lowest BCUT2D eigenvalue weighted by molar-refractivity contribution is 0.243. The number of sulfone groups is 2. The van der Waals surface area contributed by atoms with E-state index in [2.05, 4.69) is 60.4 Å². The fourth-order valence-corrected chi connectivity index (χ4v) is 11.3. The molecule has 2 fully saturated rings. The van der Waals surface area contributed by atoms with Gasteiger partial charge in [0.15, 0.2) is 31.3 Å². The van der Waals surface area contributed by atoms with Crippen molar-refractivity contribution in [2.24, 2.45) is 0 Å². The maximum Gasteiger partial charge on any atom is 0.229 e. The number of hydrogen-bond acceptors (Lipinski definition) is 16. The van der Waals surface area contributed by atoms with Crippen LogP contribution >= 0.6 is 34.8 Å². The third kappa shape index (κ3) is 16.3. The molecule has 0 saturated carbocycles. The first-order valence-corrected chi connectivity index (χ1v) is 29.3. The summed E-state index contributed by atoms with van der Waals surface area (Å²) in [5, 5.41) is 12.8. The summed E-state index contributed by atoms with van der Waals surface area (Å²) in [6.45, 7) is 20.3. The molecule has 2 aliphatic heterocycles. The predicted octanol–water partition coefficient (Wildman–Crippen LogP) is 12.9. The molecular weight excluding hydrogens is 1080 g/mol. The summed E-state index contributed by atoms with van der Waals surface area (Å²) in [7, 11) is -7.84. The molecule has 7 N–H and O–H groups in total. The smallest absolute Gasteiger partial charge is 0.229 e. The van der Waals surface area contributed by atoms with Crippen LogP contribution in [0.25, 0.3) is 0 Å². The monoisotopic (exact) mass is 1150 g/mol. The molecule has 4 heterocycles. The van der Waals surface area contributed by atoms with Crippen molar-refractivity contribution in [1.29, 1.82) is 0 Å². The Labute approximate surface area is 475 Å². The van der Waals surface area contributed by atoms with E-state index < -0.39 is 42.3 Å². The highest BCUT2D eigenvalue weighted by Crippen LogP contribution is 2.39. The summed E-state index contributed by atoms with van der Waals surface area (Å²) in [6, 6.07) is 20.5. The summed E-state index contributed by atoms with van der Waals surface area (Å²) >= 11 is 18.1. The first-order valence-electron chi connectivity index (χ1n) is 27.2. The number of rotatable bonds is 16. The molecule has 0 spiro atoms. The predicted molar refractivity (Wildman–Crippen MR) is 314 cm³/mol. The summed E-state index contributed by atoms with van der Waals surface area (Å²) < 4.78 is 94.9. The van der Waals surface area contributed by atoms with Crippen LogP contribution in [0.1, 0.15) is 121 Å². The number of hydrogen-bond donors (Lipinski definition) is 6. The van der Waals surface area contributed by atoms with Crippen molar-refractivity contribution in [3.05, 3.63) is 123 Å². The lowest BCUT2D eigenvalue weighted by Gasteiger charge is -2.26. The number of ether oxygens (including phenoxy) is 2. The van der Waals surface area contributed by atoms with Gasteiger partial charge in [0.05, 0.1) is 70.3 Å². The number of nitrogens with zero attached hydrogens (tertiary/aromatic N) is 4. The Bertz CT molecular complexity index is 3400. The fraction of sp³-hybridized carbons (Fsp3) is 0.429. The van der Waals surface area contributed by atoms with E-state index in [0.717, 1.165) is 57.4 Å². The average molecular weight is 1160 g/mol. The second-order valence-electron chi connectivity index (χ2n) is 19.4. The molecule has 0 unspecified atom stereocenters. The number of nitrogen functional groups attached to an aromatic ring is 1. The number of aryl methyl sites for hydroxylation is 2. The number of benzene rings is 4. The molecule has 416 valence electrons. The van der Waals surface area contributed by atoms with Crippen molar-refractivity contribution in [3.8, 4) is 11.5 Å². The number of piperidine rings is 2. The van der Waals surface area contributed by atoms with Gasteiger partial charge in [-0.25, -0.2) is 26.8 Å². The maximum atomic E-state index is 13.0. The van der Waals surface area contributed by atoms with Crippen LogP contribution in [-0.2, 0) is 19.7 Å². The Balaban J connectivity index is 0.000000216. The van der Waals surface area contributed by atoms with E-state index in [-0.39, 0.29) is 54.1 Å². The molecular formula is C56H73Cl3N10O6S2. The van der Waals surface area contributed by atoms with Crippen LogP contribution in [-0.4, -0.2) is 85.6 Å². The summed E-state index contributed by atoms with van der Waals surface area (Å²) in [5.74, 6) is 2.70. The minimum absolute atomic E-state index is 0.0131. The minimum Gasteiger partial charge on any atom is -0.489 e. The SMILES string of the molecule is [2H]C(C)(C)Oc1cc(C2CCNCC2)c(C)cc1N.[2H]C(C)(C)Oc1cc(C2CCNCC2)c(C)cc1Nc1ncc(Cl)c(Nc2ccccc2S(=O)(=O)C([2H])(C)C)n1.[2H]C(C)(C)S(=O)(=O)c1ccccc1Nc1nc(Cl)ncc1Cl. The number of aromatic nitrogens is 4. The van der Waals surface area contributed by atoms with E-state index in [1.54, 1.807) is 64.1 Å². The van der Waals surface area contributed by atoms with Gasteiger partial charge in [-0.15, -0.1) is 0 Å². The van der Waals surface area contributed by atoms with Gasteiger partial charge in [0.1, 0.15) is 21.5 Å². The summed E-state index contributed by atoms with van der Waals surface area (Å²) in [4.78, 5) is 16.4. The Kier molecular flexibility index (Phi) is 19.5. The Morgan fingerprint density at radius 3 is 1.51 bits per heavy atom. The van der Waals surface area contributed by atoms with Gasteiger partial charge in [0.25, 0.3) is 0 Å². The van der Waals surface area contributed by atoms with Gasteiger partial charge >= 0.3 is 0 Å². The zero-order valence-electron chi connectivity index (χ0n) is 49.2. The number of para-hydroxylation sites is 2. The third-order valence-electron chi connectivity index (χ3n) is 12.6. The van der Waals surface area contributed by atoms with E-state index in [0.29, 0.717) is 34.7 Å². The van der Waals surface area contributed by atoms with Gasteiger partial charge in [-0.05, 0) is 215 Å². The minimum atomic E-state index is -3.98. The van der Waals surface area contributed by atoms with Crippen LogP contribution in [0.5, 0.6) is 11.5 Å². The number of nitrogens with one attached hydrogen (secondary N) is 5. The lowest BCUT2D eigenvalue weighted by atomic mass is 9.87. The average Bonchev–Trinajstić information content (AvgIpc) is 3.40. The Morgan fingerprint density at radius 1 is 0.597 bits per heavy atom. The maximum absolute atomic E-state index is 13.0. The van der Waals surface area contributed by atoms with Crippen LogP contribution < -0.4 is 41.8 Å². The molecule has 2 saturated heterocycles. The zero-order chi connectivity index (χ0) is 59.9. The molecule has 6 aromatic rings. The van der Waals surface area contributed by atoms with E-state index in [4.69, 9.17) is 55.5 Å². The van der Waals surface area contributed by atoms with Gasteiger partial charge in [0, 0.05) is 2.74 Å². The molecule has 77 heavy (non-hydrogen) atoms. The molecule has 16 nitrogen and oxygen atoms in total. The normalized spacial score (nSPS) is 15.7. The largest absolute Gasteiger partial charge is 0.489 e. The summed E-state index contributed by atoms with van der Waals surface area (Å²) in [6.07, 6.45) is 4.94. The van der Waals surface area contributed by atoms with Crippen LogP contribution in [0.2, 0.25) is 15.3 Å². The first-order chi connectivity index (χ1) is 37.6. The van der Waals surface area contributed by atoms with E-state index >= 15 is 0 Å². The van der Waals surface area contributed by atoms with Gasteiger partial charge in [-0.2, -0.15) is 9.97 Å². The molecule has 0 radical (unpaired) electrons. The molecule has 0 amide bonds. The van der Waals surface area contributed by atoms with Gasteiger partial charge in [0.2, 0.25) is 11.2 Å². The van der Waals surface area contributed by atoms with Crippen molar-refractivity contribution in [1.82, 2.24) is 30.6 Å². The number of halogens is 3. The zero-order valence-corrected chi connectivity index (χ0v) is 49.1. The van der Waals surface area contributed by atoms with Crippen molar-refractivity contribution in [3.63, 3.8) is 0 Å². The number of nitrogens with two attached hydrogens (primary N) is 1. The highest BCUT2D eigenvalue weighted by molar-refractivity contribution is 7.92. The van der Waals surface area contributed by atoms with Crippen LogP contribution in [0.15, 0.2) is 95.0 Å². The van der Waals surface area contributed by atoms with Crippen LogP contribution in [0.4, 0.5) is 40.3 Å². The molecule has 2 aromatic heterocycles. The first kappa shape index (κ1) is 54.9. The number of anilines is 7. The molecule has 2 aliphatic rings. The molecule has 0 atom stereocenters. The fourth-order valence-electron chi connectivity index (χ4n) is 8.66. The Morgan fingerprint density at radius 2 is 1.03 bits per heavy atom.